The Morgan fingerprint density at radius 1 is 0.800 bits per heavy atom. The van der Waals surface area contributed by atoms with Gasteiger partial charge in [0.25, 0.3) is 0 Å². The summed E-state index contributed by atoms with van der Waals surface area (Å²) in [5.74, 6) is -0.738. The van der Waals surface area contributed by atoms with Crippen molar-refractivity contribution in [2.75, 3.05) is 0 Å². The molecule has 1 rings (SSSR count). The van der Waals surface area contributed by atoms with Gasteiger partial charge in [-0.25, -0.2) is 0 Å². The number of carbonyl (C=O) groups is 2. The molecule has 4 nitrogen and oxygen atoms in total. The van der Waals surface area contributed by atoms with Crippen molar-refractivity contribution in [3.63, 3.8) is 0 Å². The number of hydrogen-bond acceptors (Lipinski definition) is 4. The van der Waals surface area contributed by atoms with Crippen LogP contribution in [0.2, 0.25) is 0 Å². The Morgan fingerprint density at radius 3 is 1.45 bits per heavy atom. The summed E-state index contributed by atoms with van der Waals surface area (Å²) >= 11 is 0. The fourth-order valence-corrected chi connectivity index (χ4v) is 2.39. The van der Waals surface area contributed by atoms with Gasteiger partial charge in [0.15, 0.2) is 0 Å². The Hall–Kier alpha value is -1.06. The number of ether oxygens (including phenoxy) is 2. The van der Waals surface area contributed by atoms with Gasteiger partial charge in [0, 0.05) is 0 Å². The molecule has 1 saturated carbocycles. The standard InChI is InChI=1S/C16H28O4/c1-15(2,3)19-13(17)11-8-7-9-12(10-11)14(18)20-16(4,5)6/h11-12H,7-10H2,1-6H3/t11-,12-/m0/s1. The maximum atomic E-state index is 12.1. The quantitative estimate of drug-likeness (QED) is 0.728. The molecule has 116 valence electrons. The highest BCUT2D eigenvalue weighted by atomic mass is 16.6. The SMILES string of the molecule is CC(C)(C)OC(=O)[C@H]1CCC[C@H](C(=O)OC(C)(C)C)C1. The van der Waals surface area contributed by atoms with Crippen molar-refractivity contribution in [3.8, 4) is 0 Å². The van der Waals surface area contributed by atoms with Gasteiger partial charge < -0.3 is 9.47 Å². The van der Waals surface area contributed by atoms with Gasteiger partial charge in [-0.2, -0.15) is 0 Å². The predicted molar refractivity (Wildman–Crippen MR) is 77.1 cm³/mol. The summed E-state index contributed by atoms with van der Waals surface area (Å²) in [6.07, 6.45) is 3.01. The van der Waals surface area contributed by atoms with E-state index < -0.39 is 11.2 Å². The first-order chi connectivity index (χ1) is 8.98. The fraction of sp³-hybridized carbons (Fsp3) is 0.875. The van der Waals surface area contributed by atoms with Crippen LogP contribution in [0.3, 0.4) is 0 Å². The lowest BCUT2D eigenvalue weighted by atomic mass is 9.81. The van der Waals surface area contributed by atoms with Crippen LogP contribution in [0.1, 0.15) is 67.2 Å². The molecule has 0 amide bonds. The van der Waals surface area contributed by atoms with Crippen molar-refractivity contribution in [2.24, 2.45) is 11.8 Å². The number of hydrogen-bond donors (Lipinski definition) is 0. The van der Waals surface area contributed by atoms with Crippen LogP contribution in [-0.4, -0.2) is 23.1 Å². The van der Waals surface area contributed by atoms with Crippen LogP contribution >= 0.6 is 0 Å². The maximum Gasteiger partial charge on any atom is 0.309 e. The zero-order valence-corrected chi connectivity index (χ0v) is 13.6. The molecule has 0 unspecified atom stereocenters. The summed E-state index contributed by atoms with van der Waals surface area (Å²) in [6.45, 7) is 11.2. The Morgan fingerprint density at radius 2 is 1.15 bits per heavy atom. The second kappa shape index (κ2) is 6.15. The van der Waals surface area contributed by atoms with E-state index in [-0.39, 0.29) is 23.8 Å². The molecule has 0 radical (unpaired) electrons. The van der Waals surface area contributed by atoms with Gasteiger partial charge in [0.1, 0.15) is 11.2 Å². The Kier molecular flexibility index (Phi) is 5.22. The highest BCUT2D eigenvalue weighted by Gasteiger charge is 2.35. The van der Waals surface area contributed by atoms with Crippen LogP contribution in [-0.2, 0) is 19.1 Å². The highest BCUT2D eigenvalue weighted by Crippen LogP contribution is 2.32. The normalized spacial score (nSPS) is 24.1. The van der Waals surface area contributed by atoms with Crippen molar-refractivity contribution in [3.05, 3.63) is 0 Å². The van der Waals surface area contributed by atoms with Crippen molar-refractivity contribution in [1.29, 1.82) is 0 Å². The van der Waals surface area contributed by atoms with Gasteiger partial charge in [0.2, 0.25) is 0 Å². The van der Waals surface area contributed by atoms with Gasteiger partial charge in [-0.15, -0.1) is 0 Å². The minimum atomic E-state index is -0.476. The third kappa shape index (κ3) is 5.93. The average Bonchev–Trinajstić information content (AvgIpc) is 2.24. The van der Waals surface area contributed by atoms with E-state index in [9.17, 15) is 9.59 Å². The van der Waals surface area contributed by atoms with Crippen molar-refractivity contribution < 1.29 is 19.1 Å². The lowest BCUT2D eigenvalue weighted by molar-refractivity contribution is -0.166. The molecule has 0 N–H and O–H groups in total. The van der Waals surface area contributed by atoms with E-state index in [1.54, 1.807) is 0 Å². The van der Waals surface area contributed by atoms with Gasteiger partial charge in [-0.1, -0.05) is 6.42 Å². The van der Waals surface area contributed by atoms with Crippen molar-refractivity contribution in [1.82, 2.24) is 0 Å². The average molecular weight is 284 g/mol. The van der Waals surface area contributed by atoms with Crippen LogP contribution in [0.4, 0.5) is 0 Å². The molecule has 0 aliphatic heterocycles. The van der Waals surface area contributed by atoms with Crippen LogP contribution < -0.4 is 0 Å². The molecular formula is C16H28O4. The molecule has 4 heteroatoms. The second-order valence-corrected chi connectivity index (χ2v) is 7.63. The molecular weight excluding hydrogens is 256 g/mol. The van der Waals surface area contributed by atoms with E-state index in [1.807, 2.05) is 41.5 Å². The largest absolute Gasteiger partial charge is 0.460 e. The van der Waals surface area contributed by atoms with Gasteiger partial charge in [-0.3, -0.25) is 9.59 Å². The van der Waals surface area contributed by atoms with E-state index in [1.165, 1.54) is 0 Å². The van der Waals surface area contributed by atoms with E-state index in [0.29, 0.717) is 6.42 Å². The van der Waals surface area contributed by atoms with Gasteiger partial charge in [0.05, 0.1) is 11.8 Å². The summed E-state index contributed by atoms with van der Waals surface area (Å²) in [6, 6.07) is 0. The molecule has 2 atom stereocenters. The summed E-state index contributed by atoms with van der Waals surface area (Å²) in [7, 11) is 0. The lowest BCUT2D eigenvalue weighted by Crippen LogP contribution is -2.35. The molecule has 0 aromatic carbocycles. The third-order valence-electron chi connectivity index (χ3n) is 3.15. The second-order valence-electron chi connectivity index (χ2n) is 7.63. The first kappa shape index (κ1) is 17.0. The Bertz CT molecular complexity index is 326. The van der Waals surface area contributed by atoms with E-state index in [4.69, 9.17) is 9.47 Å². The van der Waals surface area contributed by atoms with E-state index in [0.717, 1.165) is 19.3 Å². The molecule has 0 aromatic heterocycles. The van der Waals surface area contributed by atoms with Crippen LogP contribution in [0, 0.1) is 11.8 Å². The summed E-state index contributed by atoms with van der Waals surface area (Å²) < 4.78 is 10.8. The summed E-state index contributed by atoms with van der Waals surface area (Å²) in [5.41, 5.74) is -0.952. The van der Waals surface area contributed by atoms with Gasteiger partial charge in [-0.05, 0) is 60.8 Å². The summed E-state index contributed by atoms with van der Waals surface area (Å²) in [5, 5.41) is 0. The van der Waals surface area contributed by atoms with E-state index in [2.05, 4.69) is 0 Å². The smallest absolute Gasteiger partial charge is 0.309 e. The minimum absolute atomic E-state index is 0.180. The highest BCUT2D eigenvalue weighted by molar-refractivity contribution is 5.77. The van der Waals surface area contributed by atoms with Crippen molar-refractivity contribution in [2.45, 2.75) is 78.4 Å². The van der Waals surface area contributed by atoms with Gasteiger partial charge >= 0.3 is 11.9 Å². The molecule has 1 aliphatic rings. The monoisotopic (exact) mass is 284 g/mol. The predicted octanol–water partition coefficient (Wildman–Crippen LogP) is 3.48. The first-order valence-electron chi connectivity index (χ1n) is 7.44. The number of carbonyl (C=O) groups excluding carboxylic acids is 2. The topological polar surface area (TPSA) is 52.6 Å². The molecule has 0 spiro atoms. The molecule has 0 saturated heterocycles. The Labute approximate surface area is 122 Å². The zero-order chi connectivity index (χ0) is 15.6. The van der Waals surface area contributed by atoms with Crippen molar-refractivity contribution >= 4 is 11.9 Å². The number of rotatable bonds is 2. The van der Waals surface area contributed by atoms with E-state index >= 15 is 0 Å². The third-order valence-corrected chi connectivity index (χ3v) is 3.15. The molecule has 20 heavy (non-hydrogen) atoms. The fourth-order valence-electron chi connectivity index (χ4n) is 2.39. The molecule has 0 heterocycles. The minimum Gasteiger partial charge on any atom is -0.460 e. The molecule has 0 aromatic rings. The summed E-state index contributed by atoms with van der Waals surface area (Å²) in [4.78, 5) is 24.2. The lowest BCUT2D eigenvalue weighted by Gasteiger charge is -2.31. The zero-order valence-electron chi connectivity index (χ0n) is 13.6. The molecule has 1 fully saturated rings. The molecule has 0 bridgehead atoms. The maximum absolute atomic E-state index is 12.1. The number of esters is 2. The Balaban J connectivity index is 2.58. The van der Waals surface area contributed by atoms with Crippen LogP contribution in [0.25, 0.3) is 0 Å². The molecule has 1 aliphatic carbocycles. The first-order valence-corrected chi connectivity index (χ1v) is 7.44. The van der Waals surface area contributed by atoms with Crippen LogP contribution in [0.5, 0.6) is 0 Å². The van der Waals surface area contributed by atoms with Crippen LogP contribution in [0.15, 0.2) is 0 Å².